The Bertz CT molecular complexity index is 704. The minimum absolute atomic E-state index is 0.277. The highest BCUT2D eigenvalue weighted by molar-refractivity contribution is 6.03. The van der Waals surface area contributed by atoms with Crippen LogP contribution in [0.25, 0.3) is 0 Å². The first kappa shape index (κ1) is 17.3. The SMILES string of the molecule is COc1ccc(NC(=O)CC(=O)NCc2ccccn2)cc1OC. The molecule has 0 radical (unpaired) electrons. The van der Waals surface area contributed by atoms with Gasteiger partial charge in [-0.05, 0) is 24.3 Å². The molecule has 2 rings (SSSR count). The fourth-order valence-corrected chi connectivity index (χ4v) is 2.02. The molecule has 7 heteroatoms. The van der Waals surface area contributed by atoms with Crippen molar-refractivity contribution in [2.45, 2.75) is 13.0 Å². The zero-order chi connectivity index (χ0) is 17.4. The molecule has 7 nitrogen and oxygen atoms in total. The number of anilines is 1. The van der Waals surface area contributed by atoms with Crippen LogP contribution in [0.15, 0.2) is 42.6 Å². The van der Waals surface area contributed by atoms with Crippen molar-refractivity contribution < 1.29 is 19.1 Å². The summed E-state index contributed by atoms with van der Waals surface area (Å²) >= 11 is 0. The van der Waals surface area contributed by atoms with Gasteiger partial charge in [-0.15, -0.1) is 0 Å². The maximum atomic E-state index is 11.9. The number of nitrogens with one attached hydrogen (secondary N) is 2. The highest BCUT2D eigenvalue weighted by atomic mass is 16.5. The van der Waals surface area contributed by atoms with E-state index >= 15 is 0 Å². The van der Waals surface area contributed by atoms with Gasteiger partial charge in [0.1, 0.15) is 6.42 Å². The van der Waals surface area contributed by atoms with E-state index in [1.165, 1.54) is 14.2 Å². The highest BCUT2D eigenvalue weighted by Gasteiger charge is 2.11. The highest BCUT2D eigenvalue weighted by Crippen LogP contribution is 2.29. The van der Waals surface area contributed by atoms with E-state index < -0.39 is 5.91 Å². The van der Waals surface area contributed by atoms with Gasteiger partial charge >= 0.3 is 0 Å². The molecule has 0 unspecified atom stereocenters. The quantitative estimate of drug-likeness (QED) is 0.755. The summed E-state index contributed by atoms with van der Waals surface area (Å²) in [4.78, 5) is 27.8. The van der Waals surface area contributed by atoms with Crippen molar-refractivity contribution >= 4 is 17.5 Å². The summed E-state index contributed by atoms with van der Waals surface area (Å²) in [5.74, 6) is 0.262. The van der Waals surface area contributed by atoms with Crippen molar-refractivity contribution in [2.24, 2.45) is 0 Å². The average molecular weight is 329 g/mol. The second kappa shape index (κ2) is 8.52. The van der Waals surface area contributed by atoms with Crippen LogP contribution in [0.1, 0.15) is 12.1 Å². The van der Waals surface area contributed by atoms with Crippen LogP contribution < -0.4 is 20.1 Å². The smallest absolute Gasteiger partial charge is 0.233 e. The van der Waals surface area contributed by atoms with Gasteiger partial charge in [0.15, 0.2) is 11.5 Å². The summed E-state index contributed by atoms with van der Waals surface area (Å²) in [6.45, 7) is 0.281. The number of benzene rings is 1. The van der Waals surface area contributed by atoms with E-state index in [-0.39, 0.29) is 18.9 Å². The van der Waals surface area contributed by atoms with E-state index in [2.05, 4.69) is 15.6 Å². The van der Waals surface area contributed by atoms with E-state index in [4.69, 9.17) is 9.47 Å². The Balaban J connectivity index is 1.85. The molecular weight excluding hydrogens is 310 g/mol. The Labute approximate surface area is 140 Å². The number of carbonyl (C=O) groups is 2. The largest absolute Gasteiger partial charge is 0.493 e. The maximum Gasteiger partial charge on any atom is 0.233 e. The van der Waals surface area contributed by atoms with Crippen LogP contribution in [0.2, 0.25) is 0 Å². The van der Waals surface area contributed by atoms with Gasteiger partial charge in [-0.25, -0.2) is 0 Å². The third kappa shape index (κ3) is 4.98. The summed E-state index contributed by atoms with van der Waals surface area (Å²) in [6.07, 6.45) is 1.37. The van der Waals surface area contributed by atoms with Crippen molar-refractivity contribution in [1.29, 1.82) is 0 Å². The van der Waals surface area contributed by atoms with Gasteiger partial charge in [0, 0.05) is 18.0 Å². The molecule has 2 N–H and O–H groups in total. The summed E-state index contributed by atoms with van der Waals surface area (Å²) in [7, 11) is 3.04. The summed E-state index contributed by atoms with van der Waals surface area (Å²) in [5.41, 5.74) is 1.25. The molecular formula is C17H19N3O4. The minimum Gasteiger partial charge on any atom is -0.493 e. The molecule has 24 heavy (non-hydrogen) atoms. The number of hydrogen-bond acceptors (Lipinski definition) is 5. The summed E-state index contributed by atoms with van der Waals surface area (Å²) in [5, 5.41) is 5.30. The number of pyridine rings is 1. The van der Waals surface area contributed by atoms with E-state index in [0.29, 0.717) is 17.2 Å². The Morgan fingerprint density at radius 2 is 1.83 bits per heavy atom. The predicted octanol–water partition coefficient (Wildman–Crippen LogP) is 1.74. The number of amides is 2. The van der Waals surface area contributed by atoms with Crippen molar-refractivity contribution in [3.63, 3.8) is 0 Å². The molecule has 0 bridgehead atoms. The fourth-order valence-electron chi connectivity index (χ4n) is 2.02. The first-order valence-corrected chi connectivity index (χ1v) is 7.31. The van der Waals surface area contributed by atoms with E-state index in [1.54, 1.807) is 36.5 Å². The van der Waals surface area contributed by atoms with Gasteiger partial charge in [-0.2, -0.15) is 0 Å². The average Bonchev–Trinajstić information content (AvgIpc) is 2.60. The third-order valence-corrected chi connectivity index (χ3v) is 3.18. The lowest BCUT2D eigenvalue weighted by atomic mass is 10.2. The predicted molar refractivity (Wildman–Crippen MR) is 88.9 cm³/mol. The Morgan fingerprint density at radius 3 is 2.50 bits per heavy atom. The van der Waals surface area contributed by atoms with Crippen molar-refractivity contribution in [2.75, 3.05) is 19.5 Å². The number of carbonyl (C=O) groups excluding carboxylic acids is 2. The first-order chi connectivity index (χ1) is 11.6. The number of nitrogens with zero attached hydrogens (tertiary/aromatic N) is 1. The topological polar surface area (TPSA) is 89.5 Å². The molecule has 1 aromatic carbocycles. The lowest BCUT2D eigenvalue weighted by Crippen LogP contribution is -2.28. The van der Waals surface area contributed by atoms with Gasteiger partial charge in [-0.3, -0.25) is 14.6 Å². The van der Waals surface area contributed by atoms with Crippen LogP contribution in [-0.4, -0.2) is 31.0 Å². The van der Waals surface area contributed by atoms with Crippen LogP contribution in [0, 0.1) is 0 Å². The summed E-state index contributed by atoms with van der Waals surface area (Å²) in [6, 6.07) is 10.4. The number of ether oxygens (including phenoxy) is 2. The van der Waals surface area contributed by atoms with Crippen LogP contribution in [0.5, 0.6) is 11.5 Å². The molecule has 1 heterocycles. The monoisotopic (exact) mass is 329 g/mol. The van der Waals surface area contributed by atoms with Crippen LogP contribution in [-0.2, 0) is 16.1 Å². The Kier molecular flexibility index (Phi) is 6.13. The van der Waals surface area contributed by atoms with Crippen LogP contribution >= 0.6 is 0 Å². The lowest BCUT2D eigenvalue weighted by molar-refractivity contribution is -0.126. The van der Waals surface area contributed by atoms with Crippen molar-refractivity contribution in [3.8, 4) is 11.5 Å². The minimum atomic E-state index is -0.416. The van der Waals surface area contributed by atoms with Crippen LogP contribution in [0.3, 0.4) is 0 Å². The second-order valence-electron chi connectivity index (χ2n) is 4.89. The molecule has 0 atom stereocenters. The maximum absolute atomic E-state index is 11.9. The molecule has 0 saturated carbocycles. The van der Waals surface area contributed by atoms with Crippen LogP contribution in [0.4, 0.5) is 5.69 Å². The molecule has 0 aliphatic heterocycles. The molecule has 0 spiro atoms. The lowest BCUT2D eigenvalue weighted by Gasteiger charge is -2.10. The van der Waals surface area contributed by atoms with Gasteiger partial charge in [0.05, 0.1) is 26.5 Å². The zero-order valence-electron chi connectivity index (χ0n) is 13.5. The van der Waals surface area contributed by atoms with Gasteiger partial charge in [0.25, 0.3) is 0 Å². The molecule has 2 amide bonds. The normalized spacial score (nSPS) is 9.92. The molecule has 0 aliphatic carbocycles. The Hall–Kier alpha value is -3.09. The molecule has 126 valence electrons. The van der Waals surface area contributed by atoms with Crippen molar-refractivity contribution in [3.05, 3.63) is 48.3 Å². The summed E-state index contributed by atoms with van der Waals surface area (Å²) < 4.78 is 10.3. The molecule has 0 aliphatic rings. The third-order valence-electron chi connectivity index (χ3n) is 3.18. The van der Waals surface area contributed by atoms with Crippen molar-refractivity contribution in [1.82, 2.24) is 10.3 Å². The number of hydrogen-bond donors (Lipinski definition) is 2. The number of methoxy groups -OCH3 is 2. The molecule has 0 fully saturated rings. The standard InChI is InChI=1S/C17H19N3O4/c1-23-14-7-6-12(9-15(14)24-2)20-17(22)10-16(21)19-11-13-5-3-4-8-18-13/h3-9H,10-11H2,1-2H3,(H,19,21)(H,20,22). The number of aromatic nitrogens is 1. The Morgan fingerprint density at radius 1 is 1.04 bits per heavy atom. The van der Waals surface area contributed by atoms with Gasteiger partial charge in [0.2, 0.25) is 11.8 Å². The fraction of sp³-hybridized carbons (Fsp3) is 0.235. The molecule has 2 aromatic rings. The van der Waals surface area contributed by atoms with E-state index in [9.17, 15) is 9.59 Å². The number of rotatable bonds is 7. The van der Waals surface area contributed by atoms with E-state index in [1.807, 2.05) is 6.07 Å². The van der Waals surface area contributed by atoms with E-state index in [0.717, 1.165) is 5.69 Å². The molecule has 1 aromatic heterocycles. The first-order valence-electron chi connectivity index (χ1n) is 7.31. The zero-order valence-corrected chi connectivity index (χ0v) is 13.5. The van der Waals surface area contributed by atoms with Gasteiger partial charge < -0.3 is 20.1 Å². The molecule has 0 saturated heterocycles. The van der Waals surface area contributed by atoms with Gasteiger partial charge in [-0.1, -0.05) is 6.07 Å². The second-order valence-corrected chi connectivity index (χ2v) is 4.89.